The lowest BCUT2D eigenvalue weighted by Crippen LogP contribution is -2.09. The summed E-state index contributed by atoms with van der Waals surface area (Å²) in [4.78, 5) is 12.5. The number of aryl methyl sites for hydroxylation is 1. The van der Waals surface area contributed by atoms with Crippen LogP contribution in [0.4, 0.5) is 14.5 Å². The number of rotatable bonds is 3. The Kier molecular flexibility index (Phi) is 4.27. The first kappa shape index (κ1) is 15.4. The molecule has 2 aromatic rings. The quantitative estimate of drug-likeness (QED) is 0.671. The Morgan fingerprint density at radius 2 is 1.81 bits per heavy atom. The number of nitrogens with two attached hydrogens (primary N) is 1. The summed E-state index contributed by atoms with van der Waals surface area (Å²) < 4.78 is 32.8. The molecule has 2 N–H and O–H groups in total. The molecule has 0 saturated carbocycles. The molecule has 0 saturated heterocycles. The van der Waals surface area contributed by atoms with E-state index >= 15 is 0 Å². The largest absolute Gasteiger partial charge is 0.496 e. The van der Waals surface area contributed by atoms with E-state index in [9.17, 15) is 13.6 Å². The Balaban J connectivity index is 2.60. The number of hydrogen-bond acceptors (Lipinski definition) is 3. The van der Waals surface area contributed by atoms with Crippen LogP contribution in [-0.4, -0.2) is 12.9 Å². The van der Waals surface area contributed by atoms with Gasteiger partial charge in [0.25, 0.3) is 0 Å². The van der Waals surface area contributed by atoms with Crippen molar-refractivity contribution in [3.05, 3.63) is 57.1 Å². The summed E-state index contributed by atoms with van der Waals surface area (Å²) in [6.45, 7) is 1.83. The van der Waals surface area contributed by atoms with E-state index in [1.165, 1.54) is 13.2 Å². The van der Waals surface area contributed by atoms with Gasteiger partial charge in [0.05, 0.1) is 23.9 Å². The van der Waals surface area contributed by atoms with Crippen LogP contribution in [0.2, 0.25) is 0 Å². The number of carbonyl (C=O) groups excluding carboxylic acids is 1. The Morgan fingerprint density at radius 1 is 1.14 bits per heavy atom. The van der Waals surface area contributed by atoms with Crippen molar-refractivity contribution in [3.8, 4) is 5.75 Å². The number of methoxy groups -OCH3 is 1. The minimum Gasteiger partial charge on any atom is -0.496 e. The first-order valence-electron chi connectivity index (χ1n) is 5.98. The van der Waals surface area contributed by atoms with Gasteiger partial charge in [-0.3, -0.25) is 4.79 Å². The third-order valence-corrected chi connectivity index (χ3v) is 3.91. The zero-order chi connectivity index (χ0) is 15.7. The Morgan fingerprint density at radius 3 is 2.43 bits per heavy atom. The van der Waals surface area contributed by atoms with Crippen LogP contribution in [0.25, 0.3) is 0 Å². The molecular weight excluding hydrogens is 344 g/mol. The molecular formula is C15H12BrF2NO2. The van der Waals surface area contributed by atoms with Crippen LogP contribution in [0.1, 0.15) is 21.5 Å². The predicted octanol–water partition coefficient (Wildman–Crippen LogP) is 3.86. The molecule has 0 aliphatic carbocycles. The molecule has 0 amide bonds. The first-order chi connectivity index (χ1) is 9.85. The van der Waals surface area contributed by atoms with Gasteiger partial charge in [-0.2, -0.15) is 0 Å². The normalized spacial score (nSPS) is 10.5. The lowest BCUT2D eigenvalue weighted by atomic mass is 10.00. The topological polar surface area (TPSA) is 52.3 Å². The van der Waals surface area contributed by atoms with Gasteiger partial charge >= 0.3 is 0 Å². The second-order valence-electron chi connectivity index (χ2n) is 4.48. The molecule has 0 aromatic heterocycles. The van der Waals surface area contributed by atoms with Gasteiger partial charge in [0.15, 0.2) is 5.78 Å². The smallest absolute Gasteiger partial charge is 0.199 e. The Bertz CT molecular complexity index is 732. The number of hydrogen-bond donors (Lipinski definition) is 1. The van der Waals surface area contributed by atoms with Crippen LogP contribution < -0.4 is 10.5 Å². The monoisotopic (exact) mass is 355 g/mol. The van der Waals surface area contributed by atoms with Crippen LogP contribution in [-0.2, 0) is 0 Å². The van der Waals surface area contributed by atoms with E-state index < -0.39 is 17.4 Å². The average molecular weight is 356 g/mol. The number of anilines is 1. The zero-order valence-corrected chi connectivity index (χ0v) is 12.9. The molecule has 2 rings (SSSR count). The summed E-state index contributed by atoms with van der Waals surface area (Å²) in [5.74, 6) is -2.19. The summed E-state index contributed by atoms with van der Waals surface area (Å²) in [6.07, 6.45) is 0. The third-order valence-electron chi connectivity index (χ3n) is 3.06. The van der Waals surface area contributed by atoms with E-state index in [4.69, 9.17) is 10.5 Å². The molecule has 2 aromatic carbocycles. The van der Waals surface area contributed by atoms with E-state index in [0.717, 1.165) is 11.6 Å². The minimum atomic E-state index is -0.967. The van der Waals surface area contributed by atoms with Gasteiger partial charge in [-0.1, -0.05) is 15.9 Å². The summed E-state index contributed by atoms with van der Waals surface area (Å²) in [5.41, 5.74) is 5.84. The molecule has 0 aliphatic heterocycles. The standard InChI is InChI=1S/C15H12BrF2NO2/c1-7-3-14(21-2)9(4-10(7)16)15(20)8-5-13(19)12(18)6-11(8)17/h3-6H,19H2,1-2H3. The molecule has 0 radical (unpaired) electrons. The number of carbonyl (C=O) groups is 1. The highest BCUT2D eigenvalue weighted by Crippen LogP contribution is 2.30. The molecule has 0 aliphatic rings. The summed E-state index contributed by atoms with van der Waals surface area (Å²) >= 11 is 3.31. The van der Waals surface area contributed by atoms with E-state index in [-0.39, 0.29) is 16.8 Å². The fraction of sp³-hybridized carbons (Fsp3) is 0.133. The van der Waals surface area contributed by atoms with Crippen LogP contribution in [0.15, 0.2) is 28.7 Å². The van der Waals surface area contributed by atoms with Crippen LogP contribution in [0.3, 0.4) is 0 Å². The predicted molar refractivity (Wildman–Crippen MR) is 79.6 cm³/mol. The third kappa shape index (κ3) is 2.90. The Hall–Kier alpha value is -1.95. The van der Waals surface area contributed by atoms with Crippen LogP contribution >= 0.6 is 15.9 Å². The van der Waals surface area contributed by atoms with Gasteiger partial charge in [-0.25, -0.2) is 8.78 Å². The van der Waals surface area contributed by atoms with Crippen molar-refractivity contribution in [3.63, 3.8) is 0 Å². The lowest BCUT2D eigenvalue weighted by molar-refractivity contribution is 0.103. The molecule has 0 bridgehead atoms. The van der Waals surface area contributed by atoms with Crippen molar-refractivity contribution in [1.29, 1.82) is 0 Å². The summed E-state index contributed by atoms with van der Waals surface area (Å²) in [5, 5.41) is 0. The van der Waals surface area contributed by atoms with E-state index in [1.807, 2.05) is 6.92 Å². The van der Waals surface area contributed by atoms with Gasteiger partial charge in [0.2, 0.25) is 0 Å². The van der Waals surface area contributed by atoms with Crippen LogP contribution in [0, 0.1) is 18.6 Å². The SMILES string of the molecule is COc1cc(C)c(Br)cc1C(=O)c1cc(N)c(F)cc1F. The second-order valence-corrected chi connectivity index (χ2v) is 5.34. The molecule has 0 heterocycles. The average Bonchev–Trinajstić information content (AvgIpc) is 2.44. The molecule has 0 unspecified atom stereocenters. The van der Waals surface area contributed by atoms with Crippen molar-refractivity contribution < 1.29 is 18.3 Å². The van der Waals surface area contributed by atoms with Crippen LogP contribution in [0.5, 0.6) is 5.75 Å². The highest BCUT2D eigenvalue weighted by atomic mass is 79.9. The number of nitrogen functional groups attached to an aromatic ring is 1. The number of ketones is 1. The van der Waals surface area contributed by atoms with E-state index in [1.54, 1.807) is 6.07 Å². The van der Waals surface area contributed by atoms with Gasteiger partial charge < -0.3 is 10.5 Å². The van der Waals surface area contributed by atoms with Crippen molar-refractivity contribution in [2.45, 2.75) is 6.92 Å². The summed E-state index contributed by atoms with van der Waals surface area (Å²) in [6, 6.07) is 4.77. The van der Waals surface area contributed by atoms with E-state index in [0.29, 0.717) is 16.3 Å². The lowest BCUT2D eigenvalue weighted by Gasteiger charge is -2.11. The molecule has 6 heteroatoms. The van der Waals surface area contributed by atoms with Crippen molar-refractivity contribution >= 4 is 27.4 Å². The number of benzene rings is 2. The van der Waals surface area contributed by atoms with Gasteiger partial charge in [-0.05, 0) is 30.7 Å². The maximum Gasteiger partial charge on any atom is 0.199 e. The maximum atomic E-state index is 13.8. The molecule has 0 fully saturated rings. The van der Waals surface area contributed by atoms with Gasteiger partial charge in [0, 0.05) is 10.5 Å². The molecule has 3 nitrogen and oxygen atoms in total. The van der Waals surface area contributed by atoms with Crippen molar-refractivity contribution in [2.24, 2.45) is 0 Å². The molecule has 0 atom stereocenters. The number of halogens is 3. The minimum absolute atomic E-state index is 0.167. The van der Waals surface area contributed by atoms with E-state index in [2.05, 4.69) is 15.9 Å². The summed E-state index contributed by atoms with van der Waals surface area (Å²) in [7, 11) is 1.41. The van der Waals surface area contributed by atoms with Gasteiger partial charge in [-0.15, -0.1) is 0 Å². The Labute approximate surface area is 128 Å². The molecule has 110 valence electrons. The first-order valence-corrected chi connectivity index (χ1v) is 6.77. The fourth-order valence-corrected chi connectivity index (χ4v) is 2.23. The highest BCUT2D eigenvalue weighted by molar-refractivity contribution is 9.10. The fourth-order valence-electron chi connectivity index (χ4n) is 1.89. The van der Waals surface area contributed by atoms with Crippen molar-refractivity contribution in [2.75, 3.05) is 12.8 Å². The maximum absolute atomic E-state index is 13.8. The molecule has 21 heavy (non-hydrogen) atoms. The van der Waals surface area contributed by atoms with Crippen molar-refractivity contribution in [1.82, 2.24) is 0 Å². The zero-order valence-electron chi connectivity index (χ0n) is 11.3. The molecule has 0 spiro atoms. The highest BCUT2D eigenvalue weighted by Gasteiger charge is 2.21. The van der Waals surface area contributed by atoms with Gasteiger partial charge in [0.1, 0.15) is 17.4 Å². The second kappa shape index (κ2) is 5.81. The number of ether oxygens (including phenoxy) is 1.